The summed E-state index contributed by atoms with van der Waals surface area (Å²) in [4.78, 5) is 13.6. The van der Waals surface area contributed by atoms with Gasteiger partial charge in [-0.25, -0.2) is 0 Å². The van der Waals surface area contributed by atoms with Crippen molar-refractivity contribution in [2.75, 3.05) is 14.1 Å². The van der Waals surface area contributed by atoms with Gasteiger partial charge in [0.1, 0.15) is 6.04 Å². The van der Waals surface area contributed by atoms with Gasteiger partial charge in [0.05, 0.1) is 25.6 Å². The molecule has 0 amide bonds. The van der Waals surface area contributed by atoms with Crippen molar-refractivity contribution in [3.05, 3.63) is 71.8 Å². The number of piperidine rings is 1. The minimum Gasteiger partial charge on any atom is -0.318 e. The molecule has 1 heterocycles. The van der Waals surface area contributed by atoms with Gasteiger partial charge < -0.3 is 4.48 Å². The second kappa shape index (κ2) is 5.61. The largest absolute Gasteiger partial charge is 0.318 e. The molecule has 2 aromatic rings. The summed E-state index contributed by atoms with van der Waals surface area (Å²) in [5, 5.41) is 0. The summed E-state index contributed by atoms with van der Waals surface area (Å²) in [5.74, 6) is 0.331. The number of likely N-dealkylation sites (N-methyl/N-ethyl adjacent to an activating group) is 1. The molecule has 1 aliphatic heterocycles. The van der Waals surface area contributed by atoms with Gasteiger partial charge in [-0.1, -0.05) is 60.7 Å². The number of carbonyl (C=O) groups excluding carboxylic acids is 1. The monoisotopic (exact) mass is 308 g/mol. The molecule has 0 spiro atoms. The summed E-state index contributed by atoms with van der Waals surface area (Å²) in [6.45, 7) is 4.35. The van der Waals surface area contributed by atoms with Gasteiger partial charge in [0, 0.05) is 6.42 Å². The van der Waals surface area contributed by atoms with E-state index in [9.17, 15) is 4.79 Å². The van der Waals surface area contributed by atoms with E-state index in [1.165, 1.54) is 0 Å². The number of benzene rings is 2. The van der Waals surface area contributed by atoms with Crippen LogP contribution in [0.1, 0.15) is 31.4 Å². The van der Waals surface area contributed by atoms with Crippen molar-refractivity contribution in [3.8, 4) is 0 Å². The minimum absolute atomic E-state index is 0.0286. The van der Waals surface area contributed by atoms with Crippen LogP contribution in [-0.2, 0) is 10.2 Å². The fraction of sp³-hybridized carbons (Fsp3) is 0.381. The molecule has 1 fully saturated rings. The summed E-state index contributed by atoms with van der Waals surface area (Å²) < 4.78 is 0.750. The van der Waals surface area contributed by atoms with Gasteiger partial charge in [-0.3, -0.25) is 4.79 Å². The van der Waals surface area contributed by atoms with Crippen molar-refractivity contribution in [1.29, 1.82) is 0 Å². The highest BCUT2D eigenvalue weighted by Gasteiger charge is 2.55. The molecule has 2 nitrogen and oxygen atoms in total. The first-order chi connectivity index (χ1) is 10.9. The number of hydrogen-bond donors (Lipinski definition) is 0. The Morgan fingerprint density at radius 1 is 0.870 bits per heavy atom. The Balaban J connectivity index is 2.24. The van der Waals surface area contributed by atoms with Crippen LogP contribution in [0.3, 0.4) is 0 Å². The summed E-state index contributed by atoms with van der Waals surface area (Å²) in [6.07, 6.45) is 0.844. The lowest BCUT2D eigenvalue weighted by Crippen LogP contribution is -2.67. The van der Waals surface area contributed by atoms with Crippen molar-refractivity contribution in [2.24, 2.45) is 0 Å². The third-order valence-electron chi connectivity index (χ3n) is 6.07. The average molecular weight is 308 g/mol. The fourth-order valence-electron chi connectivity index (χ4n) is 3.95. The normalized spacial score (nSPS) is 26.0. The van der Waals surface area contributed by atoms with Crippen molar-refractivity contribution >= 4 is 5.78 Å². The van der Waals surface area contributed by atoms with Crippen LogP contribution in [0.15, 0.2) is 60.7 Å². The van der Waals surface area contributed by atoms with Gasteiger partial charge >= 0.3 is 0 Å². The number of rotatable bonds is 2. The fourth-order valence-corrected chi connectivity index (χ4v) is 3.95. The molecule has 0 N–H and O–H groups in total. The Hall–Kier alpha value is -1.93. The number of likely N-dealkylation sites (tertiary alicyclic amines) is 1. The van der Waals surface area contributed by atoms with Crippen LogP contribution in [0.25, 0.3) is 0 Å². The Bertz CT molecular complexity index is 651. The van der Waals surface area contributed by atoms with Crippen LogP contribution >= 0.6 is 0 Å². The highest BCUT2D eigenvalue weighted by Crippen LogP contribution is 2.45. The zero-order valence-electron chi connectivity index (χ0n) is 14.5. The van der Waals surface area contributed by atoms with E-state index >= 15 is 0 Å². The topological polar surface area (TPSA) is 17.1 Å². The number of Topliss-reactive ketones (excluding diaryl/α,β-unsaturated/α-hetero) is 1. The number of ketones is 1. The average Bonchev–Trinajstić information content (AvgIpc) is 2.58. The molecule has 2 aromatic carbocycles. The molecule has 0 radical (unpaired) electrons. The van der Waals surface area contributed by atoms with Crippen molar-refractivity contribution in [2.45, 2.75) is 37.8 Å². The molecule has 2 heteroatoms. The Morgan fingerprint density at radius 2 is 1.30 bits per heavy atom. The van der Waals surface area contributed by atoms with E-state index in [2.05, 4.69) is 52.2 Å². The number of quaternary nitrogens is 1. The number of nitrogens with zero attached hydrogens (tertiary/aromatic N) is 1. The van der Waals surface area contributed by atoms with Crippen LogP contribution < -0.4 is 0 Å². The summed E-state index contributed by atoms with van der Waals surface area (Å²) >= 11 is 0. The molecule has 1 aliphatic rings. The van der Waals surface area contributed by atoms with E-state index in [0.29, 0.717) is 11.8 Å². The van der Waals surface area contributed by atoms with Crippen LogP contribution in [0.5, 0.6) is 0 Å². The molecule has 0 aliphatic carbocycles. The lowest BCUT2D eigenvalue weighted by Gasteiger charge is -2.51. The van der Waals surface area contributed by atoms with E-state index in [4.69, 9.17) is 0 Å². The molecule has 23 heavy (non-hydrogen) atoms. The van der Waals surface area contributed by atoms with Crippen molar-refractivity contribution in [3.63, 3.8) is 0 Å². The maximum absolute atomic E-state index is 13.6. The lowest BCUT2D eigenvalue weighted by molar-refractivity contribution is -0.930. The van der Waals surface area contributed by atoms with E-state index in [0.717, 1.165) is 22.0 Å². The third-order valence-corrected chi connectivity index (χ3v) is 6.07. The second-order valence-electron chi connectivity index (χ2n) is 7.36. The zero-order chi connectivity index (χ0) is 16.7. The standard InChI is InChI=1S/C21H26NO/c1-16-15-21(18-11-7-5-8-12-18,19-13-9-6-10-14-19)20(23)17(2)22(16,3)4/h5-14,16-17H,15H2,1-4H3/q+1/t16-,17-/m1/s1. The van der Waals surface area contributed by atoms with E-state index in [1.54, 1.807) is 0 Å². The van der Waals surface area contributed by atoms with E-state index in [1.807, 2.05) is 36.4 Å². The third kappa shape index (κ3) is 2.33. The molecule has 2 atom stereocenters. The van der Waals surface area contributed by atoms with Gasteiger partial charge in [-0.2, -0.15) is 0 Å². The van der Waals surface area contributed by atoms with Gasteiger partial charge in [-0.15, -0.1) is 0 Å². The highest BCUT2D eigenvalue weighted by atomic mass is 16.1. The highest BCUT2D eigenvalue weighted by molar-refractivity contribution is 5.97. The van der Waals surface area contributed by atoms with Crippen LogP contribution in [0, 0.1) is 0 Å². The summed E-state index contributed by atoms with van der Waals surface area (Å²) in [5.41, 5.74) is 1.71. The van der Waals surface area contributed by atoms with Gasteiger partial charge in [0.25, 0.3) is 0 Å². The number of carbonyl (C=O) groups is 1. The molecule has 3 rings (SSSR count). The lowest BCUT2D eigenvalue weighted by atomic mass is 9.63. The number of hydrogen-bond acceptors (Lipinski definition) is 1. The second-order valence-corrected chi connectivity index (χ2v) is 7.36. The van der Waals surface area contributed by atoms with Crippen LogP contribution in [0.4, 0.5) is 0 Å². The quantitative estimate of drug-likeness (QED) is 0.771. The van der Waals surface area contributed by atoms with Crippen molar-refractivity contribution in [1.82, 2.24) is 0 Å². The van der Waals surface area contributed by atoms with E-state index in [-0.39, 0.29) is 6.04 Å². The first kappa shape index (κ1) is 15.9. The SMILES string of the molecule is C[C@@H]1CC(c2ccccc2)(c2ccccc2)C(=O)[C@@H](C)[N+]1(C)C. The maximum Gasteiger partial charge on any atom is 0.204 e. The Morgan fingerprint density at radius 3 is 1.74 bits per heavy atom. The molecule has 0 aromatic heterocycles. The smallest absolute Gasteiger partial charge is 0.204 e. The molecule has 0 unspecified atom stereocenters. The van der Waals surface area contributed by atoms with Crippen LogP contribution in [-0.4, -0.2) is 36.4 Å². The molecule has 0 saturated carbocycles. The Kier molecular flexibility index (Phi) is 3.89. The summed E-state index contributed by atoms with van der Waals surface area (Å²) in [6, 6.07) is 21.0. The maximum atomic E-state index is 13.6. The first-order valence-electron chi connectivity index (χ1n) is 8.39. The molecule has 0 bridgehead atoms. The van der Waals surface area contributed by atoms with Crippen molar-refractivity contribution < 1.29 is 9.28 Å². The van der Waals surface area contributed by atoms with Gasteiger partial charge in [0.2, 0.25) is 5.78 Å². The first-order valence-corrected chi connectivity index (χ1v) is 8.39. The van der Waals surface area contributed by atoms with Crippen LogP contribution in [0.2, 0.25) is 0 Å². The minimum atomic E-state index is -0.533. The van der Waals surface area contributed by atoms with Gasteiger partial charge in [-0.05, 0) is 25.0 Å². The zero-order valence-corrected chi connectivity index (χ0v) is 14.5. The van der Waals surface area contributed by atoms with Gasteiger partial charge in [0.15, 0.2) is 0 Å². The molecule has 120 valence electrons. The molecular weight excluding hydrogens is 282 g/mol. The molecule has 1 saturated heterocycles. The molecular formula is C21H26NO+. The van der Waals surface area contributed by atoms with E-state index < -0.39 is 5.41 Å². The predicted molar refractivity (Wildman–Crippen MR) is 94.3 cm³/mol. The Labute approximate surface area is 139 Å². The summed E-state index contributed by atoms with van der Waals surface area (Å²) in [7, 11) is 4.35. The predicted octanol–water partition coefficient (Wildman–Crippen LogP) is 3.80.